The maximum Gasteiger partial charge on any atom is 0.379 e. The molecule has 2 heterocycles. The normalized spacial score (nSPS) is 19.8. The van der Waals surface area contributed by atoms with Crippen molar-refractivity contribution in [3.05, 3.63) is 71.8 Å². The highest BCUT2D eigenvalue weighted by molar-refractivity contribution is 7.70. The minimum atomic E-state index is -3.19. The number of para-hydroxylation sites is 2. The van der Waals surface area contributed by atoms with Crippen molar-refractivity contribution < 1.29 is 9.09 Å². The van der Waals surface area contributed by atoms with E-state index in [0.717, 1.165) is 33.4 Å². The van der Waals surface area contributed by atoms with E-state index in [0.29, 0.717) is 5.75 Å². The van der Waals surface area contributed by atoms with Gasteiger partial charge in [-0.05, 0) is 49.2 Å². The average Bonchev–Trinajstić information content (AvgIpc) is 2.88. The molecule has 4 heteroatoms. The molecule has 118 valence electrons. The molecule has 0 N–H and O–H groups in total. The van der Waals surface area contributed by atoms with E-state index < -0.39 is 7.52 Å². The minimum Gasteiger partial charge on any atom is -0.423 e. The molecule has 0 bridgehead atoms. The Morgan fingerprint density at radius 3 is 2.54 bits per heavy atom. The predicted octanol–water partition coefficient (Wildman–Crippen LogP) is 5.33. The quantitative estimate of drug-likeness (QED) is 0.521. The van der Waals surface area contributed by atoms with Crippen LogP contribution in [-0.2, 0) is 4.57 Å². The maximum atomic E-state index is 14.0. The Kier molecular flexibility index (Phi) is 2.62. The Hall–Kier alpha value is -2.51. The largest absolute Gasteiger partial charge is 0.423 e. The zero-order valence-corrected chi connectivity index (χ0v) is 14.4. The number of hydrogen-bond donors (Lipinski definition) is 0. The fourth-order valence-electron chi connectivity index (χ4n) is 3.83. The second kappa shape index (κ2) is 4.52. The summed E-state index contributed by atoms with van der Waals surface area (Å²) in [5.41, 5.74) is 6.31. The van der Waals surface area contributed by atoms with Crippen molar-refractivity contribution in [1.29, 1.82) is 0 Å². The van der Waals surface area contributed by atoms with Gasteiger partial charge in [0.05, 0.1) is 16.7 Å². The van der Waals surface area contributed by atoms with Gasteiger partial charge in [-0.15, -0.1) is 0 Å². The van der Waals surface area contributed by atoms with Gasteiger partial charge < -0.3 is 4.52 Å². The van der Waals surface area contributed by atoms with Crippen molar-refractivity contribution in [2.75, 3.05) is 4.67 Å². The first-order chi connectivity index (χ1) is 11.6. The Bertz CT molecular complexity index is 1060. The van der Waals surface area contributed by atoms with Crippen LogP contribution in [0.1, 0.15) is 11.1 Å². The minimum absolute atomic E-state index is 0.684. The highest BCUT2D eigenvalue weighted by Gasteiger charge is 2.49. The second-order valence-corrected chi connectivity index (χ2v) is 8.49. The van der Waals surface area contributed by atoms with Crippen molar-refractivity contribution in [2.24, 2.45) is 0 Å². The molecule has 1 atom stereocenters. The Balaban J connectivity index is 1.95. The average molecular weight is 333 g/mol. The first kappa shape index (κ1) is 13.9. The van der Waals surface area contributed by atoms with Gasteiger partial charge in [-0.3, -0.25) is 4.67 Å². The summed E-state index contributed by atoms with van der Waals surface area (Å²) < 4.78 is 22.0. The van der Waals surface area contributed by atoms with Gasteiger partial charge in [0.25, 0.3) is 0 Å². The third kappa shape index (κ3) is 1.60. The molecule has 0 aromatic heterocycles. The van der Waals surface area contributed by atoms with Gasteiger partial charge in [0.1, 0.15) is 0 Å². The SMILES string of the molecule is Cc1cc(C)c2c(c1)-c1ccccc1P1(=O)Oc3ccccc3N21. The van der Waals surface area contributed by atoms with Gasteiger partial charge in [-0.1, -0.05) is 42.0 Å². The molecule has 3 nitrogen and oxygen atoms in total. The summed E-state index contributed by atoms with van der Waals surface area (Å²) in [6.07, 6.45) is 0. The van der Waals surface area contributed by atoms with Crippen molar-refractivity contribution in [3.8, 4) is 16.9 Å². The number of hydrogen-bond acceptors (Lipinski definition) is 2. The molecule has 3 aromatic carbocycles. The lowest BCUT2D eigenvalue weighted by molar-refractivity contribution is 0.505. The van der Waals surface area contributed by atoms with Crippen molar-refractivity contribution in [1.82, 2.24) is 0 Å². The van der Waals surface area contributed by atoms with Crippen LogP contribution in [0.5, 0.6) is 5.75 Å². The van der Waals surface area contributed by atoms with Crippen LogP contribution in [0.15, 0.2) is 60.7 Å². The molecule has 0 spiro atoms. The van der Waals surface area contributed by atoms with Crippen LogP contribution in [0.25, 0.3) is 11.1 Å². The van der Waals surface area contributed by atoms with Crippen LogP contribution in [-0.4, -0.2) is 0 Å². The molecule has 5 rings (SSSR count). The Labute approximate surface area is 141 Å². The molecule has 0 saturated carbocycles. The van der Waals surface area contributed by atoms with E-state index in [4.69, 9.17) is 4.52 Å². The van der Waals surface area contributed by atoms with Gasteiger partial charge in [0.15, 0.2) is 5.75 Å². The maximum absolute atomic E-state index is 14.0. The number of aryl methyl sites for hydroxylation is 2. The molecule has 1 unspecified atom stereocenters. The first-order valence-corrected chi connectivity index (χ1v) is 9.58. The van der Waals surface area contributed by atoms with Gasteiger partial charge >= 0.3 is 7.52 Å². The molecule has 0 amide bonds. The molecule has 24 heavy (non-hydrogen) atoms. The summed E-state index contributed by atoms with van der Waals surface area (Å²) in [7, 11) is -3.19. The van der Waals surface area contributed by atoms with E-state index in [1.165, 1.54) is 5.56 Å². The lowest BCUT2D eigenvalue weighted by Gasteiger charge is -2.34. The zero-order chi connectivity index (χ0) is 16.5. The van der Waals surface area contributed by atoms with Gasteiger partial charge in [0.2, 0.25) is 0 Å². The van der Waals surface area contributed by atoms with Crippen LogP contribution < -0.4 is 14.5 Å². The summed E-state index contributed by atoms with van der Waals surface area (Å²) >= 11 is 0. The van der Waals surface area contributed by atoms with Crippen LogP contribution in [0.2, 0.25) is 0 Å². The smallest absolute Gasteiger partial charge is 0.379 e. The van der Waals surface area contributed by atoms with E-state index >= 15 is 0 Å². The van der Waals surface area contributed by atoms with Crippen LogP contribution in [0.3, 0.4) is 0 Å². The summed E-state index contributed by atoms with van der Waals surface area (Å²) in [6.45, 7) is 4.17. The summed E-state index contributed by atoms with van der Waals surface area (Å²) in [4.78, 5) is 0. The molecule has 2 aliphatic heterocycles. The number of nitrogens with zero attached hydrogens (tertiary/aromatic N) is 1. The van der Waals surface area contributed by atoms with Gasteiger partial charge in [-0.2, -0.15) is 0 Å². The molecular formula is C20H16NO2P. The van der Waals surface area contributed by atoms with E-state index in [1.54, 1.807) is 0 Å². The zero-order valence-electron chi connectivity index (χ0n) is 13.5. The van der Waals surface area contributed by atoms with E-state index in [1.807, 2.05) is 53.2 Å². The number of fused-ring (bicyclic) bond motifs is 8. The number of benzene rings is 3. The molecule has 0 fully saturated rings. The molecular weight excluding hydrogens is 317 g/mol. The van der Waals surface area contributed by atoms with Crippen LogP contribution >= 0.6 is 7.52 Å². The van der Waals surface area contributed by atoms with Crippen LogP contribution in [0.4, 0.5) is 11.4 Å². The molecule has 0 aliphatic carbocycles. The first-order valence-electron chi connectivity index (χ1n) is 8.00. The summed E-state index contributed by atoms with van der Waals surface area (Å²) in [5, 5.41) is 0.777. The van der Waals surface area contributed by atoms with Gasteiger partial charge in [-0.25, -0.2) is 4.57 Å². The van der Waals surface area contributed by atoms with E-state index in [2.05, 4.69) is 26.0 Å². The molecule has 0 saturated heterocycles. The highest BCUT2D eigenvalue weighted by Crippen LogP contribution is 2.68. The Morgan fingerprint density at radius 2 is 1.67 bits per heavy atom. The molecule has 3 aromatic rings. The summed E-state index contributed by atoms with van der Waals surface area (Å²) in [6, 6.07) is 19.9. The van der Waals surface area contributed by atoms with Crippen molar-refractivity contribution >= 4 is 24.2 Å². The topological polar surface area (TPSA) is 29.5 Å². The van der Waals surface area contributed by atoms with E-state index in [9.17, 15) is 4.57 Å². The lowest BCUT2D eigenvalue weighted by Crippen LogP contribution is -2.27. The van der Waals surface area contributed by atoms with Crippen LogP contribution in [0, 0.1) is 13.8 Å². The fourth-order valence-corrected chi connectivity index (χ4v) is 6.40. The number of anilines is 2. The highest BCUT2D eigenvalue weighted by atomic mass is 31.2. The molecule has 0 radical (unpaired) electrons. The third-order valence-corrected chi connectivity index (χ3v) is 7.12. The fraction of sp³-hybridized carbons (Fsp3) is 0.100. The molecule has 2 aliphatic rings. The predicted molar refractivity (Wildman–Crippen MR) is 97.8 cm³/mol. The van der Waals surface area contributed by atoms with E-state index in [-0.39, 0.29) is 0 Å². The summed E-state index contributed by atoms with van der Waals surface area (Å²) in [5.74, 6) is 0.684. The monoisotopic (exact) mass is 333 g/mol. The number of rotatable bonds is 0. The second-order valence-electron chi connectivity index (χ2n) is 6.39. The Morgan fingerprint density at radius 1 is 0.917 bits per heavy atom. The third-order valence-electron chi connectivity index (χ3n) is 4.73. The van der Waals surface area contributed by atoms with Crippen molar-refractivity contribution in [3.63, 3.8) is 0 Å². The standard InChI is InChI=1S/C20H16NO2P/c1-13-11-14(2)20-16(12-13)15-7-3-6-10-19(15)24(22)21(20)17-8-4-5-9-18(17)23-24/h3-12H,1-2H3. The van der Waals surface area contributed by atoms with Crippen molar-refractivity contribution in [2.45, 2.75) is 13.8 Å². The lowest BCUT2D eigenvalue weighted by atomic mass is 9.97. The van der Waals surface area contributed by atoms with Gasteiger partial charge in [0, 0.05) is 5.56 Å².